The van der Waals surface area contributed by atoms with Gasteiger partial charge in [0.15, 0.2) is 0 Å². The highest BCUT2D eigenvalue weighted by molar-refractivity contribution is 5.95. The molecule has 0 saturated carbocycles. The van der Waals surface area contributed by atoms with Gasteiger partial charge in [-0.2, -0.15) is 0 Å². The number of anilines is 1. The Morgan fingerprint density at radius 3 is 2.59 bits per heavy atom. The number of amides is 5. The minimum absolute atomic E-state index is 0.121. The number of nitrogens with one attached hydrogen (secondary N) is 2. The second-order valence-electron chi connectivity index (χ2n) is 20.2. The van der Waals surface area contributed by atoms with Gasteiger partial charge in [0, 0.05) is 80.5 Å². The SMILES string of the molecule is C=CC(=O)N1COC2(C1)CN(C(=O)N(C)[C@H](C(=O)N[C@H]1C[C@H]3CN(CCO3)c3ccc4c(c3)c(c(-c3cccnc3[C@H](C)OC)n4CC)CC(C)(C)COC(=O)[C@@H]3CCCN(N3)C1=O)C(C)C)C2. The van der Waals surface area contributed by atoms with Gasteiger partial charge in [-0.25, -0.2) is 10.2 Å². The quantitative estimate of drug-likeness (QED) is 0.230. The van der Waals surface area contributed by atoms with E-state index in [1.165, 1.54) is 16.0 Å². The molecule has 3 aromatic rings. The number of urea groups is 1. The molecule has 5 atom stereocenters. The van der Waals surface area contributed by atoms with Gasteiger partial charge in [0.05, 0.1) is 56.4 Å². The molecule has 5 aliphatic rings. The molecule has 4 fully saturated rings. The van der Waals surface area contributed by atoms with Crippen LogP contribution in [0, 0.1) is 11.3 Å². The van der Waals surface area contributed by atoms with E-state index in [-0.39, 0.29) is 56.8 Å². The van der Waals surface area contributed by atoms with E-state index in [9.17, 15) is 24.0 Å². The van der Waals surface area contributed by atoms with Crippen LogP contribution in [0.3, 0.4) is 0 Å². The number of nitrogens with zero attached hydrogens (tertiary/aromatic N) is 7. The Balaban J connectivity index is 1.10. The van der Waals surface area contributed by atoms with Gasteiger partial charge in [0.1, 0.15) is 30.5 Å². The van der Waals surface area contributed by atoms with E-state index in [2.05, 4.69) is 71.8 Å². The monoisotopic (exact) mass is 940 g/mol. The molecule has 7 heterocycles. The summed E-state index contributed by atoms with van der Waals surface area (Å²) in [5.74, 6) is -1.92. The number of ether oxygens (including phenoxy) is 4. The van der Waals surface area contributed by atoms with Crippen molar-refractivity contribution in [3.8, 4) is 11.3 Å². The molecule has 1 spiro atoms. The Hall–Kier alpha value is -5.56. The number of carbonyl (C=O) groups excluding carboxylic acids is 5. The lowest BCUT2D eigenvalue weighted by molar-refractivity contribution is -0.156. The highest BCUT2D eigenvalue weighted by atomic mass is 16.5. The largest absolute Gasteiger partial charge is 0.464 e. The first kappa shape index (κ1) is 48.9. The van der Waals surface area contributed by atoms with E-state index in [0.29, 0.717) is 58.6 Å². The Kier molecular flexibility index (Phi) is 14.2. The van der Waals surface area contributed by atoms with Crippen molar-refractivity contribution in [3.63, 3.8) is 0 Å². The maximum absolute atomic E-state index is 14.7. The zero-order chi connectivity index (χ0) is 48.7. The fourth-order valence-corrected chi connectivity index (χ4v) is 10.7. The molecule has 368 valence electrons. The summed E-state index contributed by atoms with van der Waals surface area (Å²) in [6.45, 7) is 19.2. The van der Waals surface area contributed by atoms with E-state index in [4.69, 9.17) is 23.9 Å². The standard InChI is InChI=1S/C50H69N9O9/c1-10-41(60)57-28-50(68-30-57)26-56(27-50)48(64)54(8)43(31(3)4)45(61)52-39-23-34-25-55(20-21-66-34)33-16-17-40-36(22-33)37(44(58(40)11-2)35-14-12-18-51-42(35)32(5)65-9)24-49(6,7)29-67-47(63)38-15-13-19-59(53-38)46(39)62/h10,12,14,16-18,22,31-32,34,38-39,43,53H,1,11,13,15,19-21,23-30H2,2-9H3,(H,52,61)/t32-,34-,38-,39-,43-/m0/s1. The van der Waals surface area contributed by atoms with Crippen molar-refractivity contribution in [1.82, 2.24) is 40.0 Å². The second-order valence-corrected chi connectivity index (χ2v) is 20.2. The number of fused-ring (bicyclic) bond motifs is 6. The number of aromatic nitrogens is 2. The summed E-state index contributed by atoms with van der Waals surface area (Å²) in [5, 5.41) is 5.57. The number of methoxy groups -OCH3 is 1. The van der Waals surface area contributed by atoms with Crippen LogP contribution in [0.5, 0.6) is 0 Å². The third kappa shape index (κ3) is 9.69. The Bertz CT molecular complexity index is 2410. The second kappa shape index (κ2) is 19.8. The molecule has 68 heavy (non-hydrogen) atoms. The van der Waals surface area contributed by atoms with Crippen molar-refractivity contribution in [2.75, 3.05) is 78.3 Å². The minimum atomic E-state index is -1.07. The summed E-state index contributed by atoms with van der Waals surface area (Å²) in [7, 11) is 3.28. The topological polar surface area (TPSA) is 180 Å². The fraction of sp³-hybridized carbons (Fsp3) is 0.600. The molecule has 18 heteroatoms. The molecular formula is C50H69N9O9. The van der Waals surface area contributed by atoms with Gasteiger partial charge < -0.3 is 48.4 Å². The first-order valence-corrected chi connectivity index (χ1v) is 24.1. The highest BCUT2D eigenvalue weighted by Gasteiger charge is 2.53. The highest BCUT2D eigenvalue weighted by Crippen LogP contribution is 2.42. The lowest BCUT2D eigenvalue weighted by atomic mass is 9.84. The van der Waals surface area contributed by atoms with Crippen molar-refractivity contribution in [2.24, 2.45) is 11.3 Å². The van der Waals surface area contributed by atoms with Gasteiger partial charge in [-0.05, 0) is 81.0 Å². The molecule has 5 aliphatic heterocycles. The van der Waals surface area contributed by atoms with Crippen molar-refractivity contribution < 1.29 is 42.9 Å². The van der Waals surface area contributed by atoms with Crippen molar-refractivity contribution in [3.05, 3.63) is 60.4 Å². The average Bonchev–Trinajstić information content (AvgIpc) is 3.91. The number of aryl methyl sites for hydroxylation is 1. The van der Waals surface area contributed by atoms with Crippen LogP contribution in [0.4, 0.5) is 10.5 Å². The van der Waals surface area contributed by atoms with Crippen molar-refractivity contribution >= 4 is 46.3 Å². The Morgan fingerprint density at radius 1 is 1.10 bits per heavy atom. The lowest BCUT2D eigenvalue weighted by Crippen LogP contribution is -2.69. The number of likely N-dealkylation sites (tertiary alicyclic amines) is 1. The maximum atomic E-state index is 14.7. The minimum Gasteiger partial charge on any atom is -0.464 e. The summed E-state index contributed by atoms with van der Waals surface area (Å²) in [5.41, 5.74) is 8.06. The van der Waals surface area contributed by atoms with Gasteiger partial charge >= 0.3 is 12.0 Å². The number of rotatable bonds is 9. The van der Waals surface area contributed by atoms with Crippen LogP contribution in [0.2, 0.25) is 0 Å². The normalized spacial score (nSPS) is 23.8. The van der Waals surface area contributed by atoms with Crippen LogP contribution < -0.4 is 15.6 Å². The van der Waals surface area contributed by atoms with E-state index in [0.717, 1.165) is 39.1 Å². The molecule has 18 nitrogen and oxygen atoms in total. The van der Waals surface area contributed by atoms with E-state index in [1.54, 1.807) is 30.2 Å². The number of carbonyl (C=O) groups is 5. The molecule has 8 rings (SSSR count). The number of benzene rings is 1. The summed E-state index contributed by atoms with van der Waals surface area (Å²) >= 11 is 0. The van der Waals surface area contributed by atoms with E-state index in [1.807, 2.05) is 26.8 Å². The maximum Gasteiger partial charge on any atom is 0.324 e. The zero-order valence-corrected chi connectivity index (χ0v) is 40.9. The first-order chi connectivity index (χ1) is 32.5. The smallest absolute Gasteiger partial charge is 0.324 e. The van der Waals surface area contributed by atoms with Crippen LogP contribution in [-0.4, -0.2) is 162 Å². The number of likely N-dealkylation sites (N-methyl/N-ethyl adjacent to an activating group) is 1. The average molecular weight is 940 g/mol. The molecule has 0 unspecified atom stereocenters. The first-order valence-electron chi connectivity index (χ1n) is 24.1. The lowest BCUT2D eigenvalue weighted by Gasteiger charge is -2.48. The third-order valence-corrected chi connectivity index (χ3v) is 14.3. The molecule has 1 aromatic carbocycles. The van der Waals surface area contributed by atoms with Crippen LogP contribution in [-0.2, 0) is 51.1 Å². The van der Waals surface area contributed by atoms with Crippen molar-refractivity contribution in [2.45, 2.75) is 110 Å². The Morgan fingerprint density at radius 2 is 1.87 bits per heavy atom. The van der Waals surface area contributed by atoms with Gasteiger partial charge in [-0.15, -0.1) is 0 Å². The fourth-order valence-electron chi connectivity index (χ4n) is 10.7. The van der Waals surface area contributed by atoms with E-state index >= 15 is 0 Å². The number of hydrogen-bond donors (Lipinski definition) is 2. The number of hydrogen-bond acceptors (Lipinski definition) is 12. The molecule has 5 amide bonds. The molecule has 4 saturated heterocycles. The molecule has 6 bridgehead atoms. The van der Waals surface area contributed by atoms with Crippen LogP contribution >= 0.6 is 0 Å². The molecule has 2 N–H and O–H groups in total. The summed E-state index contributed by atoms with van der Waals surface area (Å²) in [6, 6.07) is 7.45. The van der Waals surface area contributed by atoms with E-state index < -0.39 is 53.0 Å². The number of cyclic esters (lactones) is 1. The third-order valence-electron chi connectivity index (χ3n) is 14.3. The molecular weight excluding hydrogens is 871 g/mol. The van der Waals surface area contributed by atoms with Gasteiger partial charge in [0.25, 0.3) is 5.91 Å². The number of pyridine rings is 1. The van der Waals surface area contributed by atoms with Crippen molar-refractivity contribution in [1.29, 1.82) is 0 Å². The van der Waals surface area contributed by atoms with Gasteiger partial charge in [-0.1, -0.05) is 34.3 Å². The number of hydrazine groups is 1. The number of morpholine rings is 1. The van der Waals surface area contributed by atoms with Crippen LogP contribution in [0.1, 0.15) is 78.2 Å². The summed E-state index contributed by atoms with van der Waals surface area (Å²) < 4.78 is 26.6. The summed E-state index contributed by atoms with van der Waals surface area (Å²) in [6.07, 6.45) is 4.06. The predicted octanol–water partition coefficient (Wildman–Crippen LogP) is 4.26. The van der Waals surface area contributed by atoms with Gasteiger partial charge in [0.2, 0.25) is 11.8 Å². The Labute approximate surface area is 399 Å². The van der Waals surface area contributed by atoms with Gasteiger partial charge in [-0.3, -0.25) is 29.2 Å². The number of esters is 1. The molecule has 0 aliphatic carbocycles. The summed E-state index contributed by atoms with van der Waals surface area (Å²) in [4.78, 5) is 81.1. The zero-order valence-electron chi connectivity index (χ0n) is 40.9. The van der Waals surface area contributed by atoms with Crippen LogP contribution in [0.25, 0.3) is 22.2 Å². The molecule has 0 radical (unpaired) electrons. The molecule has 2 aromatic heterocycles. The van der Waals surface area contributed by atoms with Crippen LogP contribution in [0.15, 0.2) is 49.2 Å². The predicted molar refractivity (Wildman–Crippen MR) is 255 cm³/mol.